The van der Waals surface area contributed by atoms with Gasteiger partial charge in [-0.15, -0.1) is 0 Å². The number of carbonyl (C=O) groups excluding carboxylic acids is 2. The summed E-state index contributed by atoms with van der Waals surface area (Å²) in [7, 11) is 0. The summed E-state index contributed by atoms with van der Waals surface area (Å²) in [6.07, 6.45) is 10.5. The van der Waals surface area contributed by atoms with E-state index in [9.17, 15) is 9.59 Å². The fourth-order valence-electron chi connectivity index (χ4n) is 7.21. The lowest BCUT2D eigenvalue weighted by Crippen LogP contribution is -2.52. The standard InChI is InChI=1S/C23H34O2S/c1-4-15-12-20-18-7-6-16-13-17(24)8-11-23(16,14-26-5-2)19(18)9-10-22(20,3)21(15)25/h13,15,18-20H,4-12,14H2,1-3H3/t15-,18-,19+,20+,22+,23-/m1/s1. The van der Waals surface area contributed by atoms with E-state index in [1.54, 1.807) is 0 Å². The van der Waals surface area contributed by atoms with Crippen LogP contribution in [0.15, 0.2) is 11.6 Å². The van der Waals surface area contributed by atoms with E-state index < -0.39 is 0 Å². The summed E-state index contributed by atoms with van der Waals surface area (Å²) >= 11 is 2.06. The van der Waals surface area contributed by atoms with Gasteiger partial charge in [0.25, 0.3) is 0 Å². The maximum Gasteiger partial charge on any atom is 0.155 e. The van der Waals surface area contributed by atoms with E-state index in [0.29, 0.717) is 35.2 Å². The Morgan fingerprint density at radius 3 is 2.65 bits per heavy atom. The van der Waals surface area contributed by atoms with Gasteiger partial charge in [0.05, 0.1) is 0 Å². The van der Waals surface area contributed by atoms with Gasteiger partial charge in [0.15, 0.2) is 5.78 Å². The molecule has 6 atom stereocenters. The van der Waals surface area contributed by atoms with Crippen LogP contribution in [0.5, 0.6) is 0 Å². The molecule has 4 rings (SSSR count). The fraction of sp³-hybridized carbons (Fsp3) is 0.826. The van der Waals surface area contributed by atoms with Crippen molar-refractivity contribution in [3.63, 3.8) is 0 Å². The van der Waals surface area contributed by atoms with E-state index in [0.717, 1.165) is 44.3 Å². The van der Waals surface area contributed by atoms with Crippen LogP contribution >= 0.6 is 11.8 Å². The maximum absolute atomic E-state index is 13.1. The number of allylic oxidation sites excluding steroid dienone is 1. The molecular weight excluding hydrogens is 340 g/mol. The highest BCUT2D eigenvalue weighted by atomic mass is 32.2. The van der Waals surface area contributed by atoms with Gasteiger partial charge in [0.1, 0.15) is 5.78 Å². The van der Waals surface area contributed by atoms with Crippen molar-refractivity contribution in [2.24, 2.45) is 34.5 Å². The molecule has 0 aromatic heterocycles. The van der Waals surface area contributed by atoms with E-state index in [1.165, 1.54) is 24.2 Å². The maximum atomic E-state index is 13.1. The number of hydrogen-bond donors (Lipinski definition) is 0. The third kappa shape index (κ3) is 2.59. The van der Waals surface area contributed by atoms with Gasteiger partial charge in [-0.2, -0.15) is 11.8 Å². The highest BCUT2D eigenvalue weighted by Gasteiger charge is 2.61. The summed E-state index contributed by atoms with van der Waals surface area (Å²) in [5.74, 6) is 5.51. The number of thioether (sulfide) groups is 1. The van der Waals surface area contributed by atoms with Gasteiger partial charge >= 0.3 is 0 Å². The lowest BCUT2D eigenvalue weighted by molar-refractivity contribution is -0.134. The molecule has 0 saturated heterocycles. The quantitative estimate of drug-likeness (QED) is 0.655. The molecule has 0 N–H and O–H groups in total. The fourth-order valence-corrected chi connectivity index (χ4v) is 8.32. The van der Waals surface area contributed by atoms with Gasteiger partial charge in [0, 0.05) is 28.9 Å². The second-order valence-electron chi connectivity index (χ2n) is 9.51. The van der Waals surface area contributed by atoms with Crippen LogP contribution in [-0.4, -0.2) is 23.1 Å². The Morgan fingerprint density at radius 2 is 1.92 bits per heavy atom. The molecule has 4 aliphatic rings. The number of Topliss-reactive ketones (excluding diaryl/α,β-unsaturated/α-hetero) is 1. The van der Waals surface area contributed by atoms with Crippen molar-refractivity contribution < 1.29 is 9.59 Å². The van der Waals surface area contributed by atoms with Gasteiger partial charge in [-0.05, 0) is 74.5 Å². The molecule has 0 spiro atoms. The van der Waals surface area contributed by atoms with Crippen LogP contribution in [0.4, 0.5) is 0 Å². The first-order chi connectivity index (χ1) is 12.5. The molecule has 3 saturated carbocycles. The van der Waals surface area contributed by atoms with Gasteiger partial charge in [-0.25, -0.2) is 0 Å². The van der Waals surface area contributed by atoms with Crippen LogP contribution in [-0.2, 0) is 9.59 Å². The SMILES string of the molecule is CCSC[C@]12CCC(=O)C=C1CC[C@@H]1[C@@H]2CC[C@]2(C)C(=O)[C@H](CC)C[C@@H]12. The monoisotopic (exact) mass is 374 g/mol. The first-order valence-corrected chi connectivity index (χ1v) is 12.0. The number of carbonyl (C=O) groups is 2. The van der Waals surface area contributed by atoms with Crippen LogP contribution in [0.3, 0.4) is 0 Å². The average Bonchev–Trinajstić information content (AvgIpc) is 2.91. The first kappa shape index (κ1) is 18.8. The van der Waals surface area contributed by atoms with Gasteiger partial charge in [0.2, 0.25) is 0 Å². The minimum absolute atomic E-state index is 0.0629. The third-order valence-electron chi connectivity index (χ3n) is 8.60. The Hall–Kier alpha value is -0.570. The third-order valence-corrected chi connectivity index (χ3v) is 9.73. The molecule has 0 aliphatic heterocycles. The Balaban J connectivity index is 1.70. The van der Waals surface area contributed by atoms with Crippen molar-refractivity contribution in [3.05, 3.63) is 11.6 Å². The zero-order chi connectivity index (χ0) is 18.5. The molecule has 4 aliphatic carbocycles. The van der Waals surface area contributed by atoms with Crippen molar-refractivity contribution in [1.29, 1.82) is 0 Å². The largest absolute Gasteiger partial charge is 0.299 e. The van der Waals surface area contributed by atoms with Crippen molar-refractivity contribution in [3.8, 4) is 0 Å². The number of ketones is 2. The Morgan fingerprint density at radius 1 is 1.12 bits per heavy atom. The van der Waals surface area contributed by atoms with E-state index in [-0.39, 0.29) is 10.8 Å². The van der Waals surface area contributed by atoms with Crippen molar-refractivity contribution >= 4 is 23.3 Å². The molecule has 0 radical (unpaired) electrons. The molecule has 0 bridgehead atoms. The molecule has 144 valence electrons. The highest BCUT2D eigenvalue weighted by molar-refractivity contribution is 7.99. The van der Waals surface area contributed by atoms with Gasteiger partial charge in [-0.1, -0.05) is 26.3 Å². The van der Waals surface area contributed by atoms with Crippen molar-refractivity contribution in [2.45, 2.75) is 72.1 Å². The molecule has 3 fully saturated rings. The lowest BCUT2D eigenvalue weighted by Gasteiger charge is -2.58. The number of fused-ring (bicyclic) bond motifs is 5. The second-order valence-corrected chi connectivity index (χ2v) is 10.8. The summed E-state index contributed by atoms with van der Waals surface area (Å²) in [4.78, 5) is 25.2. The summed E-state index contributed by atoms with van der Waals surface area (Å²) in [6.45, 7) is 6.72. The molecule has 26 heavy (non-hydrogen) atoms. The highest BCUT2D eigenvalue weighted by Crippen LogP contribution is 2.66. The second kappa shape index (κ2) is 6.79. The molecule has 3 heteroatoms. The summed E-state index contributed by atoms with van der Waals surface area (Å²) < 4.78 is 0. The summed E-state index contributed by atoms with van der Waals surface area (Å²) in [6, 6.07) is 0. The molecule has 0 aromatic carbocycles. The van der Waals surface area contributed by atoms with E-state index >= 15 is 0 Å². The predicted molar refractivity (Wildman–Crippen MR) is 108 cm³/mol. The van der Waals surface area contributed by atoms with E-state index in [1.807, 2.05) is 6.08 Å². The van der Waals surface area contributed by atoms with Crippen LogP contribution in [0.1, 0.15) is 72.1 Å². The van der Waals surface area contributed by atoms with Crippen molar-refractivity contribution in [2.75, 3.05) is 11.5 Å². The van der Waals surface area contributed by atoms with Crippen LogP contribution < -0.4 is 0 Å². The minimum Gasteiger partial charge on any atom is -0.299 e. The van der Waals surface area contributed by atoms with Gasteiger partial charge < -0.3 is 0 Å². The molecule has 0 amide bonds. The summed E-state index contributed by atoms with van der Waals surface area (Å²) in [5, 5.41) is 0. The van der Waals surface area contributed by atoms with Crippen molar-refractivity contribution in [1.82, 2.24) is 0 Å². The zero-order valence-corrected chi connectivity index (χ0v) is 17.5. The molecule has 0 aromatic rings. The Labute approximate surface area is 163 Å². The minimum atomic E-state index is -0.0629. The molecule has 2 nitrogen and oxygen atoms in total. The summed E-state index contributed by atoms with van der Waals surface area (Å²) in [5.41, 5.74) is 1.65. The first-order valence-electron chi connectivity index (χ1n) is 10.8. The van der Waals surface area contributed by atoms with E-state index in [2.05, 4.69) is 32.5 Å². The molecular formula is C23H34O2S. The van der Waals surface area contributed by atoms with E-state index in [4.69, 9.17) is 0 Å². The topological polar surface area (TPSA) is 34.1 Å². The molecule has 0 heterocycles. The van der Waals surface area contributed by atoms with Gasteiger partial charge in [-0.3, -0.25) is 9.59 Å². The van der Waals surface area contributed by atoms with Crippen LogP contribution in [0, 0.1) is 34.5 Å². The lowest BCUT2D eigenvalue weighted by atomic mass is 9.47. The van der Waals surface area contributed by atoms with Crippen LogP contribution in [0.25, 0.3) is 0 Å². The average molecular weight is 375 g/mol. The smallest absolute Gasteiger partial charge is 0.155 e. The Bertz CT molecular complexity index is 638. The number of hydrogen-bond acceptors (Lipinski definition) is 3. The normalized spacial score (nSPS) is 45.0. The number of rotatable bonds is 4. The van der Waals surface area contributed by atoms with Crippen LogP contribution in [0.2, 0.25) is 0 Å². The zero-order valence-electron chi connectivity index (χ0n) is 16.7. The molecule has 0 unspecified atom stereocenters. The Kier molecular flexibility index (Phi) is 4.91. The predicted octanol–water partition coefficient (Wildman–Crippen LogP) is 5.46.